The number of fused-ring (bicyclic) bond motifs is 1. The summed E-state index contributed by atoms with van der Waals surface area (Å²) in [6, 6.07) is 6.51. The maximum Gasteiger partial charge on any atom is 0.0493 e. The van der Waals surface area contributed by atoms with E-state index in [1.807, 2.05) is 23.1 Å². The summed E-state index contributed by atoms with van der Waals surface area (Å²) in [5, 5.41) is 1.36. The molecule has 0 spiro atoms. The second kappa shape index (κ2) is 4.25. The van der Waals surface area contributed by atoms with Gasteiger partial charge in [-0.25, -0.2) is 0 Å². The molecular weight excluding hydrogens is 276 g/mol. The Morgan fingerprint density at radius 3 is 2.86 bits per heavy atom. The van der Waals surface area contributed by atoms with Crippen molar-refractivity contribution in [1.82, 2.24) is 0 Å². The van der Waals surface area contributed by atoms with E-state index in [0.717, 1.165) is 6.42 Å². The van der Waals surface area contributed by atoms with Crippen LogP contribution in [0.4, 0.5) is 0 Å². The Morgan fingerprint density at radius 1 is 1.43 bits per heavy atom. The van der Waals surface area contributed by atoms with Gasteiger partial charge in [0.2, 0.25) is 0 Å². The topological polar surface area (TPSA) is 0 Å². The maximum absolute atomic E-state index is 3.68. The van der Waals surface area contributed by atoms with Crippen LogP contribution in [0.25, 0.3) is 10.1 Å². The SMILES string of the molecule is CCc1sc2c(SC)cccc2c1Br. The summed E-state index contributed by atoms with van der Waals surface area (Å²) >= 11 is 7.40. The van der Waals surface area contributed by atoms with Crippen LogP contribution in [0.3, 0.4) is 0 Å². The highest BCUT2D eigenvalue weighted by molar-refractivity contribution is 9.10. The minimum atomic E-state index is 1.10. The lowest BCUT2D eigenvalue weighted by atomic mass is 10.2. The third-order valence-corrected chi connectivity index (χ3v) is 5.69. The first-order valence-corrected chi connectivity index (χ1v) is 7.35. The predicted octanol–water partition coefficient (Wildman–Crippen LogP) is 4.95. The van der Waals surface area contributed by atoms with Gasteiger partial charge in [-0.3, -0.25) is 0 Å². The molecule has 0 saturated carbocycles. The van der Waals surface area contributed by atoms with Gasteiger partial charge in [0.25, 0.3) is 0 Å². The number of hydrogen-bond donors (Lipinski definition) is 0. The van der Waals surface area contributed by atoms with Gasteiger partial charge in [-0.05, 0) is 34.7 Å². The summed E-state index contributed by atoms with van der Waals surface area (Å²) in [5.41, 5.74) is 0. The van der Waals surface area contributed by atoms with Gasteiger partial charge in [0, 0.05) is 24.3 Å². The first-order valence-electron chi connectivity index (χ1n) is 4.51. The molecule has 1 aromatic carbocycles. The Bertz CT molecular complexity index is 460. The van der Waals surface area contributed by atoms with E-state index in [0.29, 0.717) is 0 Å². The number of thioether (sulfide) groups is 1. The minimum Gasteiger partial charge on any atom is -0.138 e. The summed E-state index contributed by atoms with van der Waals surface area (Å²) in [7, 11) is 0. The third kappa shape index (κ3) is 1.62. The number of aryl methyl sites for hydroxylation is 1. The highest BCUT2D eigenvalue weighted by Gasteiger charge is 2.10. The van der Waals surface area contributed by atoms with Crippen LogP contribution in [-0.2, 0) is 6.42 Å². The van der Waals surface area contributed by atoms with Gasteiger partial charge in [-0.2, -0.15) is 0 Å². The van der Waals surface area contributed by atoms with E-state index in [1.54, 1.807) is 0 Å². The van der Waals surface area contributed by atoms with Gasteiger partial charge in [0.05, 0.1) is 0 Å². The van der Waals surface area contributed by atoms with E-state index in [4.69, 9.17) is 0 Å². The lowest BCUT2D eigenvalue weighted by Gasteiger charge is -1.96. The molecule has 0 atom stereocenters. The Labute approximate surface area is 101 Å². The largest absolute Gasteiger partial charge is 0.138 e. The van der Waals surface area contributed by atoms with Crippen LogP contribution in [0, 0.1) is 0 Å². The summed E-state index contributed by atoms with van der Waals surface area (Å²) in [4.78, 5) is 2.83. The van der Waals surface area contributed by atoms with Crippen LogP contribution >= 0.6 is 39.0 Å². The molecule has 74 valence electrons. The molecule has 0 N–H and O–H groups in total. The molecule has 0 aliphatic rings. The van der Waals surface area contributed by atoms with Crippen molar-refractivity contribution in [3.8, 4) is 0 Å². The van der Waals surface area contributed by atoms with Gasteiger partial charge in [0.15, 0.2) is 0 Å². The highest BCUT2D eigenvalue weighted by atomic mass is 79.9. The van der Waals surface area contributed by atoms with Gasteiger partial charge in [-0.15, -0.1) is 23.1 Å². The Kier molecular flexibility index (Phi) is 3.20. The summed E-state index contributed by atoms with van der Waals surface area (Å²) in [5.74, 6) is 0. The maximum atomic E-state index is 3.68. The molecule has 0 aliphatic carbocycles. The first-order chi connectivity index (χ1) is 6.77. The molecule has 0 radical (unpaired) electrons. The zero-order chi connectivity index (χ0) is 10.1. The molecule has 2 rings (SSSR count). The van der Waals surface area contributed by atoms with Crippen LogP contribution in [0.1, 0.15) is 11.8 Å². The molecule has 3 heteroatoms. The van der Waals surface area contributed by atoms with Gasteiger partial charge < -0.3 is 0 Å². The van der Waals surface area contributed by atoms with Crippen molar-refractivity contribution in [1.29, 1.82) is 0 Å². The van der Waals surface area contributed by atoms with Gasteiger partial charge in [0.1, 0.15) is 0 Å². The molecule has 14 heavy (non-hydrogen) atoms. The smallest absolute Gasteiger partial charge is 0.0493 e. The summed E-state index contributed by atoms with van der Waals surface area (Å²) in [6.07, 6.45) is 3.24. The standard InChI is InChI=1S/C11H11BrS2/c1-3-8-10(12)7-5-4-6-9(13-2)11(7)14-8/h4-6H,3H2,1-2H3. The monoisotopic (exact) mass is 286 g/mol. The second-order valence-electron chi connectivity index (χ2n) is 3.03. The van der Waals surface area contributed by atoms with Crippen molar-refractivity contribution in [2.45, 2.75) is 18.2 Å². The molecule has 0 bridgehead atoms. The van der Waals surface area contributed by atoms with E-state index in [1.165, 1.54) is 24.3 Å². The van der Waals surface area contributed by atoms with Crippen LogP contribution in [-0.4, -0.2) is 6.26 Å². The van der Waals surface area contributed by atoms with E-state index < -0.39 is 0 Å². The lowest BCUT2D eigenvalue weighted by molar-refractivity contribution is 1.18. The molecule has 1 aromatic heterocycles. The number of hydrogen-bond acceptors (Lipinski definition) is 2. The lowest BCUT2D eigenvalue weighted by Crippen LogP contribution is -1.71. The van der Waals surface area contributed by atoms with E-state index in [-0.39, 0.29) is 0 Å². The van der Waals surface area contributed by atoms with Crippen molar-refractivity contribution in [3.63, 3.8) is 0 Å². The van der Waals surface area contributed by atoms with Gasteiger partial charge >= 0.3 is 0 Å². The summed E-state index contributed by atoms with van der Waals surface area (Å²) in [6.45, 7) is 2.20. The molecule has 0 unspecified atom stereocenters. The van der Waals surface area contributed by atoms with Gasteiger partial charge in [-0.1, -0.05) is 19.1 Å². The number of thiophene rings is 1. The molecule has 0 amide bonds. The third-order valence-electron chi connectivity index (χ3n) is 2.23. The van der Waals surface area contributed by atoms with Crippen LogP contribution in [0.5, 0.6) is 0 Å². The molecule has 0 aliphatic heterocycles. The molecule has 0 saturated heterocycles. The quantitative estimate of drug-likeness (QED) is 0.704. The Balaban J connectivity index is 2.77. The van der Waals surface area contributed by atoms with Crippen molar-refractivity contribution in [2.24, 2.45) is 0 Å². The zero-order valence-electron chi connectivity index (χ0n) is 8.13. The van der Waals surface area contributed by atoms with Crippen molar-refractivity contribution in [3.05, 3.63) is 27.5 Å². The predicted molar refractivity (Wildman–Crippen MR) is 70.7 cm³/mol. The molecule has 2 aromatic rings. The molecule has 0 nitrogen and oxygen atoms in total. The Hall–Kier alpha value is 0.01000. The fourth-order valence-corrected chi connectivity index (χ4v) is 4.41. The Morgan fingerprint density at radius 2 is 2.21 bits per heavy atom. The van der Waals surface area contributed by atoms with Crippen LogP contribution in [0.15, 0.2) is 27.6 Å². The highest BCUT2D eigenvalue weighted by Crippen LogP contribution is 2.40. The molecule has 0 fully saturated rings. The fourth-order valence-electron chi connectivity index (χ4n) is 1.50. The van der Waals surface area contributed by atoms with Crippen LogP contribution in [0.2, 0.25) is 0 Å². The molecule has 1 heterocycles. The average Bonchev–Trinajstić information content (AvgIpc) is 2.55. The normalized spacial score (nSPS) is 11.1. The van der Waals surface area contributed by atoms with E-state index >= 15 is 0 Å². The average molecular weight is 287 g/mol. The number of rotatable bonds is 2. The van der Waals surface area contributed by atoms with Crippen molar-refractivity contribution < 1.29 is 0 Å². The van der Waals surface area contributed by atoms with E-state index in [2.05, 4.69) is 47.3 Å². The van der Waals surface area contributed by atoms with Crippen molar-refractivity contribution in [2.75, 3.05) is 6.26 Å². The zero-order valence-corrected chi connectivity index (χ0v) is 11.4. The second-order valence-corrected chi connectivity index (χ2v) is 5.78. The summed E-state index contributed by atoms with van der Waals surface area (Å²) < 4.78 is 2.71. The number of benzene rings is 1. The fraction of sp³-hybridized carbons (Fsp3) is 0.273. The van der Waals surface area contributed by atoms with Crippen LogP contribution < -0.4 is 0 Å². The number of halogens is 1. The first kappa shape index (κ1) is 10.5. The van der Waals surface area contributed by atoms with E-state index in [9.17, 15) is 0 Å². The minimum absolute atomic E-state index is 1.10. The molecular formula is C11H11BrS2. The van der Waals surface area contributed by atoms with Crippen molar-refractivity contribution >= 4 is 49.1 Å².